The van der Waals surface area contributed by atoms with E-state index in [0.29, 0.717) is 34.8 Å². The molecule has 0 aliphatic heterocycles. The molecule has 0 radical (unpaired) electrons. The van der Waals surface area contributed by atoms with Gasteiger partial charge in [0.25, 0.3) is 5.91 Å². The van der Waals surface area contributed by atoms with E-state index in [1.54, 1.807) is 6.92 Å². The molecule has 4 rings (SSSR count). The molecule has 26 heavy (non-hydrogen) atoms. The number of fused-ring (bicyclic) bond motifs is 1. The lowest BCUT2D eigenvalue weighted by molar-refractivity contribution is 0.0950. The van der Waals surface area contributed by atoms with Gasteiger partial charge in [0.05, 0.1) is 23.2 Å². The second-order valence-electron chi connectivity index (χ2n) is 6.95. The Morgan fingerprint density at radius 2 is 1.96 bits per heavy atom. The molecule has 3 aromatic heterocycles. The first-order chi connectivity index (χ1) is 12.5. The third-order valence-electron chi connectivity index (χ3n) is 4.60. The maximum absolute atomic E-state index is 12.8. The molecule has 134 valence electrons. The normalized spacial score (nSPS) is 15.0. The Bertz CT molecular complexity index is 993. The van der Waals surface area contributed by atoms with E-state index in [4.69, 9.17) is 4.42 Å². The van der Waals surface area contributed by atoms with Crippen molar-refractivity contribution in [3.8, 4) is 0 Å². The number of rotatable bonds is 5. The number of aromatic nitrogens is 4. The Hall–Kier alpha value is -3.03. The number of amides is 1. The average molecular weight is 352 g/mol. The van der Waals surface area contributed by atoms with Crippen LogP contribution >= 0.6 is 0 Å². The summed E-state index contributed by atoms with van der Waals surface area (Å²) in [5.41, 5.74) is 2.49. The minimum atomic E-state index is -0.240. The summed E-state index contributed by atoms with van der Waals surface area (Å²) in [5, 5.41) is 6.93. The fraction of sp³-hybridized carbons (Fsp3) is 0.389. The first kappa shape index (κ1) is 16.4. The van der Waals surface area contributed by atoms with Crippen molar-refractivity contribution in [2.75, 3.05) is 5.32 Å². The zero-order valence-corrected chi connectivity index (χ0v) is 15.0. The molecule has 0 aromatic carbocycles. The molecule has 0 atom stereocenters. The van der Waals surface area contributed by atoms with Gasteiger partial charge >= 0.3 is 0 Å². The lowest BCUT2D eigenvalue weighted by Gasteiger charge is -2.13. The molecule has 1 fully saturated rings. The highest BCUT2D eigenvalue weighted by molar-refractivity contribution is 6.10. The van der Waals surface area contributed by atoms with Crippen LogP contribution in [-0.2, 0) is 6.54 Å². The highest BCUT2D eigenvalue weighted by atomic mass is 16.3. The lowest BCUT2D eigenvalue weighted by Crippen LogP contribution is -2.24. The summed E-state index contributed by atoms with van der Waals surface area (Å²) >= 11 is 0. The quantitative estimate of drug-likeness (QED) is 0.727. The molecule has 0 spiro atoms. The van der Waals surface area contributed by atoms with Crippen LogP contribution in [0.3, 0.4) is 0 Å². The molecule has 8 heteroatoms. The maximum Gasteiger partial charge on any atom is 0.255 e. The Labute approximate surface area is 150 Å². The second-order valence-corrected chi connectivity index (χ2v) is 6.95. The Morgan fingerprint density at radius 3 is 2.69 bits per heavy atom. The van der Waals surface area contributed by atoms with Gasteiger partial charge in [-0.25, -0.2) is 19.9 Å². The molecular formula is C18H20N6O2. The molecule has 3 aromatic rings. The predicted octanol–water partition coefficient (Wildman–Crippen LogP) is 2.52. The Kier molecular flexibility index (Phi) is 3.82. The zero-order chi connectivity index (χ0) is 18.3. The summed E-state index contributed by atoms with van der Waals surface area (Å²) in [6, 6.07) is 1.84. The Morgan fingerprint density at radius 1 is 1.19 bits per heavy atom. The molecule has 1 amide bonds. The number of hydrogen-bond acceptors (Lipinski definition) is 7. The minimum absolute atomic E-state index is 0.0265. The summed E-state index contributed by atoms with van der Waals surface area (Å²) < 4.78 is 5.69. The van der Waals surface area contributed by atoms with Crippen molar-refractivity contribution < 1.29 is 9.21 Å². The van der Waals surface area contributed by atoms with E-state index >= 15 is 0 Å². The van der Waals surface area contributed by atoms with Gasteiger partial charge in [-0.3, -0.25) is 4.79 Å². The van der Waals surface area contributed by atoms with Crippen molar-refractivity contribution in [1.82, 2.24) is 25.3 Å². The van der Waals surface area contributed by atoms with E-state index in [0.717, 1.165) is 24.2 Å². The topological polar surface area (TPSA) is 106 Å². The number of aryl methyl sites for hydroxylation is 2. The Balaban J connectivity index is 1.64. The van der Waals surface area contributed by atoms with E-state index < -0.39 is 0 Å². The number of hydrogen-bond donors (Lipinski definition) is 2. The average Bonchev–Trinajstić information content (AvgIpc) is 3.21. The van der Waals surface area contributed by atoms with E-state index in [2.05, 4.69) is 37.5 Å². The van der Waals surface area contributed by atoms with Crippen LogP contribution in [-0.4, -0.2) is 31.4 Å². The number of nitrogens with zero attached hydrogens (tertiary/aromatic N) is 4. The third-order valence-corrected chi connectivity index (χ3v) is 4.60. The van der Waals surface area contributed by atoms with E-state index in [9.17, 15) is 4.79 Å². The molecule has 1 aliphatic rings. The van der Waals surface area contributed by atoms with Crippen LogP contribution in [0.5, 0.6) is 0 Å². The minimum Gasteiger partial charge on any atom is -0.442 e. The lowest BCUT2D eigenvalue weighted by atomic mass is 10.1. The van der Waals surface area contributed by atoms with Gasteiger partial charge in [-0.15, -0.1) is 0 Å². The van der Waals surface area contributed by atoms with Crippen molar-refractivity contribution >= 4 is 22.8 Å². The van der Waals surface area contributed by atoms with Crippen LogP contribution < -0.4 is 10.6 Å². The number of nitrogens with one attached hydrogen (secondary N) is 2. The van der Waals surface area contributed by atoms with Gasteiger partial charge in [0.1, 0.15) is 24.2 Å². The van der Waals surface area contributed by atoms with E-state index in [1.807, 2.05) is 13.0 Å². The first-order valence-electron chi connectivity index (χ1n) is 8.53. The molecule has 2 N–H and O–H groups in total. The fourth-order valence-electron chi connectivity index (χ4n) is 2.88. The van der Waals surface area contributed by atoms with Crippen LogP contribution in [0.25, 0.3) is 11.1 Å². The van der Waals surface area contributed by atoms with Crippen LogP contribution in [0.1, 0.15) is 47.3 Å². The highest BCUT2D eigenvalue weighted by Crippen LogP contribution is 2.40. The molecule has 1 saturated carbocycles. The molecule has 3 heterocycles. The number of furan rings is 1. The van der Waals surface area contributed by atoms with Crippen molar-refractivity contribution in [2.24, 2.45) is 0 Å². The molecule has 8 nitrogen and oxygen atoms in total. The van der Waals surface area contributed by atoms with Crippen LogP contribution in [0, 0.1) is 13.8 Å². The number of carbonyl (C=O) groups is 1. The van der Waals surface area contributed by atoms with Gasteiger partial charge in [-0.1, -0.05) is 0 Å². The van der Waals surface area contributed by atoms with Gasteiger partial charge in [-0.2, -0.15) is 0 Å². The second kappa shape index (κ2) is 6.05. The smallest absolute Gasteiger partial charge is 0.255 e. The number of anilines is 1. The van der Waals surface area contributed by atoms with Crippen molar-refractivity contribution in [2.45, 2.75) is 45.7 Å². The van der Waals surface area contributed by atoms with E-state index in [-0.39, 0.29) is 11.4 Å². The molecular weight excluding hydrogens is 332 g/mol. The predicted molar refractivity (Wildman–Crippen MR) is 95.7 cm³/mol. The van der Waals surface area contributed by atoms with Crippen LogP contribution in [0.2, 0.25) is 0 Å². The molecule has 1 aliphatic carbocycles. The van der Waals surface area contributed by atoms with Gasteiger partial charge in [-0.05, 0) is 39.7 Å². The van der Waals surface area contributed by atoms with Crippen LogP contribution in [0.15, 0.2) is 23.1 Å². The number of carbonyl (C=O) groups excluding carboxylic acids is 1. The van der Waals surface area contributed by atoms with Gasteiger partial charge in [0.15, 0.2) is 0 Å². The van der Waals surface area contributed by atoms with Gasteiger partial charge in [0, 0.05) is 11.2 Å². The monoisotopic (exact) mass is 352 g/mol. The molecule has 0 unspecified atom stereocenters. The third kappa shape index (κ3) is 3.10. The summed E-state index contributed by atoms with van der Waals surface area (Å²) in [6.45, 7) is 6.08. The van der Waals surface area contributed by atoms with E-state index in [1.165, 1.54) is 12.7 Å². The zero-order valence-electron chi connectivity index (χ0n) is 15.0. The highest BCUT2D eigenvalue weighted by Gasteiger charge is 2.38. The SMILES string of the molecule is Cc1cc(CNC(=O)c2c(C)oc3ncnc(NC4(C)CC4)c23)ncn1. The van der Waals surface area contributed by atoms with Crippen molar-refractivity contribution in [1.29, 1.82) is 0 Å². The fourth-order valence-corrected chi connectivity index (χ4v) is 2.88. The first-order valence-corrected chi connectivity index (χ1v) is 8.53. The largest absolute Gasteiger partial charge is 0.442 e. The molecule has 0 bridgehead atoms. The summed E-state index contributed by atoms with van der Waals surface area (Å²) in [6.07, 6.45) is 5.08. The summed E-state index contributed by atoms with van der Waals surface area (Å²) in [5.74, 6) is 0.909. The van der Waals surface area contributed by atoms with Crippen LogP contribution in [0.4, 0.5) is 5.82 Å². The van der Waals surface area contributed by atoms with Crippen molar-refractivity contribution in [3.63, 3.8) is 0 Å². The maximum atomic E-state index is 12.8. The summed E-state index contributed by atoms with van der Waals surface area (Å²) in [4.78, 5) is 29.6. The van der Waals surface area contributed by atoms with Gasteiger partial charge < -0.3 is 15.1 Å². The van der Waals surface area contributed by atoms with Crippen molar-refractivity contribution in [3.05, 3.63) is 41.4 Å². The molecule has 0 saturated heterocycles. The van der Waals surface area contributed by atoms with Gasteiger partial charge in [0.2, 0.25) is 5.71 Å². The standard InChI is InChI=1S/C18H20N6O2/c1-10-6-12(21-8-20-10)7-19-16(25)13-11(2)26-17-14(13)15(22-9-23-17)24-18(3)4-5-18/h6,8-9H,4-5,7H2,1-3H3,(H,19,25)(H,22,23,24). The summed E-state index contributed by atoms with van der Waals surface area (Å²) in [7, 11) is 0.